The minimum Gasteiger partial charge on any atom is -0.322 e. The lowest BCUT2D eigenvalue weighted by Gasteiger charge is -2.37. The summed E-state index contributed by atoms with van der Waals surface area (Å²) in [7, 11) is 0. The fraction of sp³-hybridized carbons (Fsp3) is 0.292. The minimum atomic E-state index is -0.361. The van der Waals surface area contributed by atoms with Gasteiger partial charge in [0.1, 0.15) is 0 Å². The van der Waals surface area contributed by atoms with Crippen LogP contribution in [0.5, 0.6) is 0 Å². The Bertz CT molecular complexity index is 1160. The first-order chi connectivity index (χ1) is 14.9. The number of carbonyl (C=O) groups excluding carboxylic acids is 3. The first-order valence-corrected chi connectivity index (χ1v) is 11.1. The van der Waals surface area contributed by atoms with Crippen molar-refractivity contribution >= 4 is 52.3 Å². The molecular formula is C24H18Cl2N2O3. The Morgan fingerprint density at radius 3 is 2.23 bits per heavy atom. The number of nitrogens with one attached hydrogen (secondary N) is 1. The molecule has 0 radical (unpaired) electrons. The number of hydrogen-bond donors (Lipinski definition) is 1. The molecule has 156 valence electrons. The van der Waals surface area contributed by atoms with Crippen LogP contribution in [0.3, 0.4) is 0 Å². The number of amides is 3. The molecule has 6 atom stereocenters. The number of halogens is 2. The van der Waals surface area contributed by atoms with Crippen molar-refractivity contribution in [2.75, 3.05) is 10.2 Å². The van der Waals surface area contributed by atoms with Crippen molar-refractivity contribution in [1.82, 2.24) is 0 Å². The highest BCUT2D eigenvalue weighted by atomic mass is 35.5. The lowest BCUT2D eigenvalue weighted by atomic mass is 9.63. The molecule has 2 saturated carbocycles. The van der Waals surface area contributed by atoms with E-state index in [2.05, 4.69) is 17.5 Å². The molecule has 1 saturated heterocycles. The largest absolute Gasteiger partial charge is 0.322 e. The summed E-state index contributed by atoms with van der Waals surface area (Å²) in [5, 5.41) is 3.51. The Hall–Kier alpha value is -2.63. The highest BCUT2D eigenvalue weighted by Gasteiger charge is 2.67. The van der Waals surface area contributed by atoms with E-state index in [0.29, 0.717) is 38.8 Å². The molecule has 7 rings (SSSR count). The third-order valence-corrected chi connectivity index (χ3v) is 7.95. The van der Waals surface area contributed by atoms with Gasteiger partial charge in [-0.15, -0.1) is 0 Å². The third kappa shape index (κ3) is 2.80. The van der Waals surface area contributed by atoms with E-state index in [9.17, 15) is 14.4 Å². The van der Waals surface area contributed by atoms with Gasteiger partial charge in [0.15, 0.2) is 0 Å². The summed E-state index contributed by atoms with van der Waals surface area (Å²) in [5.74, 6) is 0.279. The molecule has 1 aliphatic heterocycles. The predicted octanol–water partition coefficient (Wildman–Crippen LogP) is 4.80. The van der Waals surface area contributed by atoms with Crippen LogP contribution in [0.15, 0.2) is 54.6 Å². The molecular weight excluding hydrogens is 435 g/mol. The average Bonchev–Trinajstić information content (AvgIpc) is 3.54. The van der Waals surface area contributed by atoms with Gasteiger partial charge in [-0.2, -0.15) is 0 Å². The lowest BCUT2D eigenvalue weighted by Crippen LogP contribution is -2.40. The smallest absolute Gasteiger partial charge is 0.255 e. The van der Waals surface area contributed by atoms with Crippen LogP contribution < -0.4 is 10.2 Å². The zero-order valence-corrected chi connectivity index (χ0v) is 17.8. The maximum absolute atomic E-state index is 13.3. The van der Waals surface area contributed by atoms with Gasteiger partial charge >= 0.3 is 0 Å². The zero-order valence-electron chi connectivity index (χ0n) is 16.3. The highest BCUT2D eigenvalue weighted by molar-refractivity contribution is 6.42. The van der Waals surface area contributed by atoms with E-state index in [1.165, 1.54) is 4.90 Å². The van der Waals surface area contributed by atoms with Crippen molar-refractivity contribution in [3.8, 4) is 0 Å². The molecule has 1 N–H and O–H groups in total. The van der Waals surface area contributed by atoms with Crippen LogP contribution in [0.4, 0.5) is 11.4 Å². The topological polar surface area (TPSA) is 66.5 Å². The van der Waals surface area contributed by atoms with Gasteiger partial charge in [-0.3, -0.25) is 14.4 Å². The number of imide groups is 1. The van der Waals surface area contributed by atoms with Gasteiger partial charge in [-0.25, -0.2) is 4.90 Å². The number of anilines is 2. The predicted molar refractivity (Wildman–Crippen MR) is 118 cm³/mol. The standard InChI is InChI=1S/C24H18Cl2N2O3/c25-18-7-4-12(9-19(18)26)27-22(29)11-2-1-3-13(8-11)28-23(30)20-14-5-6-15(17-10-16(14)17)21(20)24(28)31/h1-9,14-17,20-21H,10H2,(H,27,29)/t14-,15-,16-,17+,20-,21+/m0/s1. The SMILES string of the molecule is O=C(Nc1ccc(Cl)c(Cl)c1)c1cccc(N2C(=O)[C@@H]3[C@H]4C=C[C@@H]([C@@H]5C[C@H]45)[C@@H]3C2=O)c1. The van der Waals surface area contributed by atoms with Crippen molar-refractivity contribution < 1.29 is 14.4 Å². The summed E-state index contributed by atoms with van der Waals surface area (Å²) in [5.41, 5.74) is 1.30. The first-order valence-electron chi connectivity index (χ1n) is 10.4. The second-order valence-electron chi connectivity index (χ2n) is 8.80. The molecule has 3 amide bonds. The van der Waals surface area contributed by atoms with E-state index in [0.717, 1.165) is 6.42 Å². The number of hydrogen-bond acceptors (Lipinski definition) is 3. The molecule has 2 aromatic rings. The summed E-state index contributed by atoms with van der Waals surface area (Å²) in [4.78, 5) is 40.6. The summed E-state index contributed by atoms with van der Waals surface area (Å²) < 4.78 is 0. The van der Waals surface area contributed by atoms with E-state index < -0.39 is 0 Å². The summed E-state index contributed by atoms with van der Waals surface area (Å²) in [6.45, 7) is 0. The fourth-order valence-corrected chi connectivity index (χ4v) is 6.07. The number of allylic oxidation sites excluding steroid dienone is 2. The van der Waals surface area contributed by atoms with Crippen molar-refractivity contribution in [1.29, 1.82) is 0 Å². The van der Waals surface area contributed by atoms with Crippen LogP contribution in [-0.4, -0.2) is 17.7 Å². The van der Waals surface area contributed by atoms with Gasteiger partial charge in [0.05, 0.1) is 27.6 Å². The van der Waals surface area contributed by atoms with Crippen LogP contribution in [0, 0.1) is 35.5 Å². The van der Waals surface area contributed by atoms with Crippen LogP contribution in [0.25, 0.3) is 0 Å². The van der Waals surface area contributed by atoms with Gasteiger partial charge < -0.3 is 5.32 Å². The maximum atomic E-state index is 13.3. The van der Waals surface area contributed by atoms with Crippen molar-refractivity contribution in [2.24, 2.45) is 35.5 Å². The molecule has 2 aromatic carbocycles. The molecule has 4 aliphatic carbocycles. The van der Waals surface area contributed by atoms with Gasteiger partial charge in [0, 0.05) is 11.3 Å². The van der Waals surface area contributed by atoms with Crippen molar-refractivity contribution in [3.63, 3.8) is 0 Å². The Kier molecular flexibility index (Phi) is 4.11. The molecule has 0 aromatic heterocycles. The normalized spacial score (nSPS) is 32.1. The second-order valence-corrected chi connectivity index (χ2v) is 9.61. The van der Waals surface area contributed by atoms with E-state index in [1.807, 2.05) is 0 Å². The molecule has 0 spiro atoms. The maximum Gasteiger partial charge on any atom is 0.255 e. The molecule has 5 aliphatic rings. The highest BCUT2D eigenvalue weighted by Crippen LogP contribution is 2.65. The quantitative estimate of drug-likeness (QED) is 0.536. The average molecular weight is 453 g/mol. The van der Waals surface area contributed by atoms with Crippen LogP contribution in [0.2, 0.25) is 10.0 Å². The number of carbonyl (C=O) groups is 3. The third-order valence-electron chi connectivity index (χ3n) is 7.21. The molecule has 0 unspecified atom stereocenters. The Morgan fingerprint density at radius 2 is 1.58 bits per heavy atom. The van der Waals surface area contributed by atoms with Gasteiger partial charge in [0.2, 0.25) is 11.8 Å². The molecule has 1 heterocycles. The van der Waals surface area contributed by atoms with Crippen LogP contribution >= 0.6 is 23.2 Å². The van der Waals surface area contributed by atoms with Gasteiger partial charge in [-0.1, -0.05) is 41.4 Å². The second kappa shape index (κ2) is 6.68. The Morgan fingerprint density at radius 1 is 0.903 bits per heavy atom. The lowest BCUT2D eigenvalue weighted by molar-refractivity contribution is -0.124. The molecule has 7 heteroatoms. The molecule has 5 nitrogen and oxygen atoms in total. The van der Waals surface area contributed by atoms with E-state index in [1.54, 1.807) is 42.5 Å². The van der Waals surface area contributed by atoms with Gasteiger partial charge in [-0.05, 0) is 66.5 Å². The molecule has 2 bridgehead atoms. The first kappa shape index (κ1) is 19.1. The van der Waals surface area contributed by atoms with E-state index in [4.69, 9.17) is 23.2 Å². The number of rotatable bonds is 3. The van der Waals surface area contributed by atoms with Crippen molar-refractivity contribution in [2.45, 2.75) is 6.42 Å². The van der Waals surface area contributed by atoms with E-state index in [-0.39, 0.29) is 41.4 Å². The van der Waals surface area contributed by atoms with Crippen LogP contribution in [0.1, 0.15) is 16.8 Å². The van der Waals surface area contributed by atoms with Gasteiger partial charge in [0.25, 0.3) is 5.91 Å². The van der Waals surface area contributed by atoms with E-state index >= 15 is 0 Å². The Labute approximate surface area is 189 Å². The molecule has 31 heavy (non-hydrogen) atoms. The fourth-order valence-electron chi connectivity index (χ4n) is 5.77. The number of benzene rings is 2. The Balaban J connectivity index is 1.28. The summed E-state index contributed by atoms with van der Waals surface area (Å²) in [6, 6.07) is 11.5. The monoisotopic (exact) mass is 452 g/mol. The number of nitrogens with zero attached hydrogens (tertiary/aromatic N) is 1. The minimum absolute atomic E-state index is 0.137. The zero-order chi connectivity index (χ0) is 21.4. The summed E-state index contributed by atoms with van der Waals surface area (Å²) >= 11 is 11.9. The van der Waals surface area contributed by atoms with Crippen LogP contribution in [-0.2, 0) is 9.59 Å². The molecule has 3 fully saturated rings. The van der Waals surface area contributed by atoms with Crippen molar-refractivity contribution in [3.05, 3.63) is 70.2 Å². The summed E-state index contributed by atoms with van der Waals surface area (Å²) in [6.07, 6.45) is 5.42.